The maximum atomic E-state index is 13.0. The second kappa shape index (κ2) is 5.69. The Balaban J connectivity index is 1.86. The van der Waals surface area contributed by atoms with Gasteiger partial charge in [0.05, 0.1) is 17.9 Å². The quantitative estimate of drug-likeness (QED) is 0.905. The molecule has 4 nitrogen and oxygen atoms in total. The summed E-state index contributed by atoms with van der Waals surface area (Å²) in [6, 6.07) is 3.49. The van der Waals surface area contributed by atoms with Gasteiger partial charge in [0.2, 0.25) is 0 Å². The molecule has 0 aliphatic rings. The van der Waals surface area contributed by atoms with Crippen LogP contribution in [0, 0.1) is 11.6 Å². The van der Waals surface area contributed by atoms with Gasteiger partial charge >= 0.3 is 0 Å². The van der Waals surface area contributed by atoms with Crippen LogP contribution in [-0.4, -0.2) is 22.4 Å². The summed E-state index contributed by atoms with van der Waals surface area (Å²) in [5, 5.41) is 7.21. The SMILES string of the molecule is CC(COc1ccc(F)c(F)c1)Nc1cnn(C)c1. The molecule has 2 aromatic rings. The Bertz CT molecular complexity index is 557. The van der Waals surface area contributed by atoms with E-state index in [9.17, 15) is 8.78 Å². The van der Waals surface area contributed by atoms with E-state index in [-0.39, 0.29) is 6.04 Å². The second-order valence-corrected chi connectivity index (χ2v) is 4.33. The molecule has 0 spiro atoms. The van der Waals surface area contributed by atoms with E-state index in [4.69, 9.17) is 4.74 Å². The Morgan fingerprint density at radius 1 is 1.37 bits per heavy atom. The molecule has 102 valence electrons. The van der Waals surface area contributed by atoms with Crippen LogP contribution >= 0.6 is 0 Å². The molecule has 0 bridgehead atoms. The summed E-state index contributed by atoms with van der Waals surface area (Å²) in [5.41, 5.74) is 0.879. The number of aryl methyl sites for hydroxylation is 1. The largest absolute Gasteiger partial charge is 0.491 e. The van der Waals surface area contributed by atoms with Gasteiger partial charge in [-0.3, -0.25) is 4.68 Å². The molecule has 1 aromatic carbocycles. The zero-order chi connectivity index (χ0) is 13.8. The van der Waals surface area contributed by atoms with Gasteiger partial charge < -0.3 is 10.1 Å². The average Bonchev–Trinajstić information content (AvgIpc) is 2.76. The van der Waals surface area contributed by atoms with E-state index < -0.39 is 11.6 Å². The van der Waals surface area contributed by atoms with Crippen molar-refractivity contribution < 1.29 is 13.5 Å². The lowest BCUT2D eigenvalue weighted by molar-refractivity contribution is 0.301. The van der Waals surface area contributed by atoms with Crippen LogP contribution in [0.5, 0.6) is 5.75 Å². The van der Waals surface area contributed by atoms with E-state index in [0.717, 1.165) is 17.8 Å². The third-order valence-corrected chi connectivity index (χ3v) is 2.51. The van der Waals surface area contributed by atoms with Gasteiger partial charge in [-0.15, -0.1) is 0 Å². The number of aromatic nitrogens is 2. The normalized spacial score (nSPS) is 12.2. The maximum Gasteiger partial charge on any atom is 0.162 e. The number of nitrogens with one attached hydrogen (secondary N) is 1. The molecule has 19 heavy (non-hydrogen) atoms. The lowest BCUT2D eigenvalue weighted by atomic mass is 10.3. The standard InChI is InChI=1S/C13H15F2N3O/c1-9(17-10-6-16-18(2)7-10)8-19-11-3-4-12(14)13(15)5-11/h3-7,9,17H,8H2,1-2H3. The van der Waals surface area contributed by atoms with Crippen LogP contribution in [0.4, 0.5) is 14.5 Å². The van der Waals surface area contributed by atoms with Gasteiger partial charge in [-0.1, -0.05) is 0 Å². The number of nitrogens with zero attached hydrogens (tertiary/aromatic N) is 2. The molecule has 0 fully saturated rings. The molecule has 1 heterocycles. The fourth-order valence-corrected chi connectivity index (χ4v) is 1.61. The van der Waals surface area contributed by atoms with Crippen molar-refractivity contribution in [3.05, 3.63) is 42.2 Å². The van der Waals surface area contributed by atoms with Crippen LogP contribution in [0.3, 0.4) is 0 Å². The van der Waals surface area contributed by atoms with E-state index in [0.29, 0.717) is 12.4 Å². The molecule has 2 rings (SSSR count). The molecular weight excluding hydrogens is 252 g/mol. The summed E-state index contributed by atoms with van der Waals surface area (Å²) >= 11 is 0. The van der Waals surface area contributed by atoms with Crippen molar-refractivity contribution in [2.75, 3.05) is 11.9 Å². The van der Waals surface area contributed by atoms with Crippen molar-refractivity contribution in [2.45, 2.75) is 13.0 Å². The van der Waals surface area contributed by atoms with Gasteiger partial charge in [0.15, 0.2) is 11.6 Å². The zero-order valence-electron chi connectivity index (χ0n) is 10.7. The number of hydrogen-bond acceptors (Lipinski definition) is 3. The molecule has 0 radical (unpaired) electrons. The Morgan fingerprint density at radius 2 is 2.16 bits per heavy atom. The zero-order valence-corrected chi connectivity index (χ0v) is 10.7. The molecule has 0 aliphatic heterocycles. The van der Waals surface area contributed by atoms with Crippen LogP contribution in [0.15, 0.2) is 30.6 Å². The smallest absolute Gasteiger partial charge is 0.162 e. The Hall–Kier alpha value is -2.11. The monoisotopic (exact) mass is 267 g/mol. The van der Waals surface area contributed by atoms with Crippen molar-refractivity contribution in [1.29, 1.82) is 0 Å². The lowest BCUT2D eigenvalue weighted by Crippen LogP contribution is -2.23. The fraction of sp³-hybridized carbons (Fsp3) is 0.308. The van der Waals surface area contributed by atoms with Gasteiger partial charge in [0, 0.05) is 19.3 Å². The van der Waals surface area contributed by atoms with Crippen molar-refractivity contribution in [3.8, 4) is 5.75 Å². The number of halogens is 2. The van der Waals surface area contributed by atoms with Gasteiger partial charge in [-0.25, -0.2) is 8.78 Å². The highest BCUT2D eigenvalue weighted by atomic mass is 19.2. The Morgan fingerprint density at radius 3 is 2.79 bits per heavy atom. The number of ether oxygens (including phenoxy) is 1. The number of hydrogen-bond donors (Lipinski definition) is 1. The summed E-state index contributed by atoms with van der Waals surface area (Å²) in [5.74, 6) is -1.49. The predicted octanol–water partition coefficient (Wildman–Crippen LogP) is 2.58. The minimum atomic E-state index is -0.912. The minimum absolute atomic E-state index is 0.0114. The number of rotatable bonds is 5. The molecule has 0 saturated carbocycles. The molecule has 1 aromatic heterocycles. The first-order valence-electron chi connectivity index (χ1n) is 5.87. The van der Waals surface area contributed by atoms with Gasteiger partial charge in [-0.05, 0) is 19.1 Å². The fourth-order valence-electron chi connectivity index (χ4n) is 1.61. The Kier molecular flexibility index (Phi) is 3.99. The van der Waals surface area contributed by atoms with E-state index >= 15 is 0 Å². The summed E-state index contributed by atoms with van der Waals surface area (Å²) in [7, 11) is 1.83. The first kappa shape index (κ1) is 13.3. The van der Waals surface area contributed by atoms with E-state index in [2.05, 4.69) is 10.4 Å². The van der Waals surface area contributed by atoms with Crippen LogP contribution in [0.1, 0.15) is 6.92 Å². The molecule has 1 unspecified atom stereocenters. The highest BCUT2D eigenvalue weighted by molar-refractivity contribution is 5.39. The number of anilines is 1. The topological polar surface area (TPSA) is 39.1 Å². The van der Waals surface area contributed by atoms with Crippen molar-refractivity contribution in [1.82, 2.24) is 9.78 Å². The van der Waals surface area contributed by atoms with E-state index in [1.54, 1.807) is 10.9 Å². The third-order valence-electron chi connectivity index (χ3n) is 2.51. The third kappa shape index (κ3) is 3.67. The summed E-state index contributed by atoms with van der Waals surface area (Å²) < 4.78 is 32.8. The highest BCUT2D eigenvalue weighted by Gasteiger charge is 2.07. The predicted molar refractivity (Wildman–Crippen MR) is 68.1 cm³/mol. The van der Waals surface area contributed by atoms with Gasteiger partial charge in [0.1, 0.15) is 12.4 Å². The molecule has 6 heteroatoms. The second-order valence-electron chi connectivity index (χ2n) is 4.33. The lowest BCUT2D eigenvalue weighted by Gasteiger charge is -2.14. The average molecular weight is 267 g/mol. The van der Waals surface area contributed by atoms with E-state index in [1.807, 2.05) is 20.2 Å². The van der Waals surface area contributed by atoms with Crippen molar-refractivity contribution in [2.24, 2.45) is 7.05 Å². The van der Waals surface area contributed by atoms with Crippen LogP contribution in [0.2, 0.25) is 0 Å². The minimum Gasteiger partial charge on any atom is -0.491 e. The maximum absolute atomic E-state index is 13.0. The Labute approximate surface area is 110 Å². The van der Waals surface area contributed by atoms with Crippen molar-refractivity contribution >= 4 is 5.69 Å². The summed E-state index contributed by atoms with van der Waals surface area (Å²) in [6.45, 7) is 2.26. The first-order chi connectivity index (χ1) is 9.04. The van der Waals surface area contributed by atoms with Crippen molar-refractivity contribution in [3.63, 3.8) is 0 Å². The first-order valence-corrected chi connectivity index (χ1v) is 5.87. The van der Waals surface area contributed by atoms with Gasteiger partial charge in [0.25, 0.3) is 0 Å². The molecule has 0 amide bonds. The van der Waals surface area contributed by atoms with Crippen LogP contribution < -0.4 is 10.1 Å². The molecule has 0 aliphatic carbocycles. The summed E-state index contributed by atoms with van der Waals surface area (Å²) in [4.78, 5) is 0. The highest BCUT2D eigenvalue weighted by Crippen LogP contribution is 2.16. The molecule has 1 N–H and O–H groups in total. The number of benzene rings is 1. The van der Waals surface area contributed by atoms with Gasteiger partial charge in [-0.2, -0.15) is 5.10 Å². The molecule has 1 atom stereocenters. The molecule has 0 saturated heterocycles. The van der Waals surface area contributed by atoms with Crippen LogP contribution in [0.25, 0.3) is 0 Å². The summed E-state index contributed by atoms with van der Waals surface area (Å²) in [6.07, 6.45) is 3.54. The molecular formula is C13H15F2N3O. The van der Waals surface area contributed by atoms with Crippen LogP contribution in [-0.2, 0) is 7.05 Å². The van der Waals surface area contributed by atoms with E-state index in [1.165, 1.54) is 6.07 Å².